The number of aromatic hydroxyl groups is 1. The Morgan fingerprint density at radius 1 is 1.16 bits per heavy atom. The zero-order valence-corrected chi connectivity index (χ0v) is 13.4. The van der Waals surface area contributed by atoms with Gasteiger partial charge in [-0.2, -0.15) is 13.2 Å². The monoisotopic (exact) mass is 374 g/mol. The van der Waals surface area contributed by atoms with E-state index in [1.54, 1.807) is 0 Å². The van der Waals surface area contributed by atoms with E-state index in [2.05, 4.69) is 10.2 Å². The van der Waals surface area contributed by atoms with Crippen LogP contribution < -0.4 is 0 Å². The Bertz CT molecular complexity index is 858. The van der Waals surface area contributed by atoms with Crippen molar-refractivity contribution in [3.63, 3.8) is 0 Å². The quantitative estimate of drug-likeness (QED) is 0.758. The maximum Gasteiger partial charge on any atom is 0.416 e. The molecular formula is C16H11ClF4N2O2. The summed E-state index contributed by atoms with van der Waals surface area (Å²) < 4.78 is 58.5. The van der Waals surface area contributed by atoms with Crippen molar-refractivity contribution in [1.29, 1.82) is 0 Å². The fourth-order valence-corrected chi connectivity index (χ4v) is 3.28. The lowest BCUT2D eigenvalue weighted by molar-refractivity contribution is -0.137. The number of fused-ring (bicyclic) bond motifs is 1. The molecule has 1 fully saturated rings. The van der Waals surface area contributed by atoms with Crippen LogP contribution in [-0.2, 0) is 23.9 Å². The number of phenolic OH excluding ortho intramolecular Hbond substituents is 1. The number of hydrogen-bond donors (Lipinski definition) is 1. The van der Waals surface area contributed by atoms with E-state index in [9.17, 15) is 22.7 Å². The Balaban J connectivity index is 1.89. The second-order valence-corrected chi connectivity index (χ2v) is 6.65. The van der Waals surface area contributed by atoms with E-state index in [-0.39, 0.29) is 23.1 Å². The fraction of sp³-hybridized carbons (Fsp3) is 0.375. The molecule has 2 heterocycles. The van der Waals surface area contributed by atoms with Crippen LogP contribution in [0.15, 0.2) is 12.1 Å². The Kier molecular flexibility index (Phi) is 3.49. The predicted octanol–water partition coefficient (Wildman–Crippen LogP) is 4.27. The van der Waals surface area contributed by atoms with Gasteiger partial charge in [-0.1, -0.05) is 11.6 Å². The summed E-state index contributed by atoms with van der Waals surface area (Å²) in [5.41, 5.74) is -0.972. The molecule has 4 rings (SSSR count). The molecule has 0 bridgehead atoms. The van der Waals surface area contributed by atoms with Gasteiger partial charge in [0, 0.05) is 12.0 Å². The highest BCUT2D eigenvalue weighted by atomic mass is 35.5. The van der Waals surface area contributed by atoms with E-state index < -0.39 is 28.9 Å². The molecule has 0 unspecified atom stereocenters. The molecule has 1 aliphatic heterocycles. The van der Waals surface area contributed by atoms with E-state index in [4.69, 9.17) is 16.3 Å². The number of nitrogens with zero attached hydrogens (tertiary/aromatic N) is 2. The zero-order valence-electron chi connectivity index (χ0n) is 12.6. The third-order valence-corrected chi connectivity index (χ3v) is 4.90. The van der Waals surface area contributed by atoms with Gasteiger partial charge in [-0.25, -0.2) is 4.39 Å². The first-order valence-electron chi connectivity index (χ1n) is 7.48. The summed E-state index contributed by atoms with van der Waals surface area (Å²) in [4.78, 5) is 0. The van der Waals surface area contributed by atoms with Gasteiger partial charge in [-0.15, -0.1) is 10.2 Å². The van der Waals surface area contributed by atoms with Crippen LogP contribution in [0.5, 0.6) is 5.75 Å². The fourth-order valence-electron chi connectivity index (χ4n) is 3.07. The summed E-state index contributed by atoms with van der Waals surface area (Å²) in [6.07, 6.45) is -2.72. The number of benzene rings is 1. The lowest BCUT2D eigenvalue weighted by atomic mass is 9.93. The van der Waals surface area contributed by atoms with Crippen molar-refractivity contribution in [2.45, 2.75) is 37.6 Å². The van der Waals surface area contributed by atoms with Crippen LogP contribution in [0.2, 0.25) is 5.15 Å². The number of hydrogen-bond acceptors (Lipinski definition) is 4. The van der Waals surface area contributed by atoms with Gasteiger partial charge >= 0.3 is 6.18 Å². The van der Waals surface area contributed by atoms with Crippen LogP contribution in [0.3, 0.4) is 0 Å². The molecule has 0 saturated heterocycles. The maximum atomic E-state index is 14.4. The lowest BCUT2D eigenvalue weighted by Crippen LogP contribution is -2.25. The first-order chi connectivity index (χ1) is 11.7. The second-order valence-electron chi connectivity index (χ2n) is 6.29. The topological polar surface area (TPSA) is 55.2 Å². The summed E-state index contributed by atoms with van der Waals surface area (Å²) in [7, 11) is 0. The molecule has 132 valence electrons. The van der Waals surface area contributed by atoms with Crippen molar-refractivity contribution in [2.24, 2.45) is 0 Å². The molecule has 0 radical (unpaired) electrons. The summed E-state index contributed by atoms with van der Waals surface area (Å²) in [6, 6.07) is 0.817. The molecule has 1 spiro atoms. The van der Waals surface area contributed by atoms with Gasteiger partial charge in [0.05, 0.1) is 23.3 Å². The van der Waals surface area contributed by atoms with Crippen LogP contribution in [0.25, 0.3) is 11.3 Å². The molecule has 9 heteroatoms. The summed E-state index contributed by atoms with van der Waals surface area (Å²) in [5.74, 6) is -2.06. The van der Waals surface area contributed by atoms with E-state index in [1.165, 1.54) is 0 Å². The molecule has 2 aromatic rings. The third kappa shape index (κ3) is 2.73. The van der Waals surface area contributed by atoms with Crippen molar-refractivity contribution in [2.75, 3.05) is 0 Å². The minimum Gasteiger partial charge on any atom is -0.507 e. The largest absolute Gasteiger partial charge is 0.507 e. The number of aromatic nitrogens is 2. The van der Waals surface area contributed by atoms with Crippen molar-refractivity contribution >= 4 is 11.6 Å². The SMILES string of the molecule is Oc1cc(C(F)(F)F)cc(F)c1-c1nnc(Cl)c2c1CC1(CC1)OC2. The normalized spacial score (nSPS) is 18.3. The second kappa shape index (κ2) is 5.28. The number of rotatable bonds is 1. The van der Waals surface area contributed by atoms with E-state index in [1.807, 2.05) is 0 Å². The molecular weight excluding hydrogens is 364 g/mol. The number of ether oxygens (including phenoxy) is 1. The third-order valence-electron chi connectivity index (χ3n) is 4.60. The van der Waals surface area contributed by atoms with Crippen LogP contribution in [-0.4, -0.2) is 20.9 Å². The number of alkyl halides is 3. The molecule has 1 aliphatic carbocycles. The lowest BCUT2D eigenvalue weighted by Gasteiger charge is -2.27. The van der Waals surface area contributed by atoms with Gasteiger partial charge in [0.25, 0.3) is 0 Å². The molecule has 25 heavy (non-hydrogen) atoms. The predicted molar refractivity (Wildman–Crippen MR) is 79.6 cm³/mol. The van der Waals surface area contributed by atoms with E-state index >= 15 is 0 Å². The minimum absolute atomic E-state index is 0.00213. The van der Waals surface area contributed by atoms with Gasteiger partial charge in [-0.3, -0.25) is 0 Å². The van der Waals surface area contributed by atoms with Gasteiger partial charge in [0.15, 0.2) is 5.15 Å². The highest BCUT2D eigenvalue weighted by Crippen LogP contribution is 2.49. The Labute approximate surface area is 144 Å². The summed E-state index contributed by atoms with van der Waals surface area (Å²) in [6.45, 7) is 0.166. The number of halogens is 5. The van der Waals surface area contributed by atoms with E-state index in [0.29, 0.717) is 29.7 Å². The van der Waals surface area contributed by atoms with Gasteiger partial charge in [0.1, 0.15) is 17.3 Å². The Hall–Kier alpha value is -1.93. The van der Waals surface area contributed by atoms with Gasteiger partial charge in [0.2, 0.25) is 0 Å². The molecule has 0 atom stereocenters. The average Bonchev–Trinajstić information content (AvgIpc) is 3.26. The highest BCUT2D eigenvalue weighted by molar-refractivity contribution is 6.30. The average molecular weight is 375 g/mol. The van der Waals surface area contributed by atoms with Crippen LogP contribution >= 0.6 is 11.6 Å². The van der Waals surface area contributed by atoms with E-state index in [0.717, 1.165) is 12.8 Å². The molecule has 1 N–H and O–H groups in total. The molecule has 4 nitrogen and oxygen atoms in total. The first kappa shape index (κ1) is 16.5. The van der Waals surface area contributed by atoms with Gasteiger partial charge < -0.3 is 9.84 Å². The van der Waals surface area contributed by atoms with Crippen molar-refractivity contribution in [3.05, 3.63) is 39.8 Å². The molecule has 2 aliphatic rings. The van der Waals surface area contributed by atoms with Crippen LogP contribution in [0.1, 0.15) is 29.5 Å². The smallest absolute Gasteiger partial charge is 0.416 e. The molecule has 0 amide bonds. The first-order valence-corrected chi connectivity index (χ1v) is 7.86. The summed E-state index contributed by atoms with van der Waals surface area (Å²) >= 11 is 6.02. The van der Waals surface area contributed by atoms with Crippen LogP contribution in [0, 0.1) is 5.82 Å². The van der Waals surface area contributed by atoms with Crippen molar-refractivity contribution < 1.29 is 27.4 Å². The molecule has 1 aromatic heterocycles. The zero-order chi connectivity index (χ0) is 18.0. The minimum atomic E-state index is -4.77. The Morgan fingerprint density at radius 2 is 1.88 bits per heavy atom. The molecule has 1 saturated carbocycles. The van der Waals surface area contributed by atoms with Crippen LogP contribution in [0.4, 0.5) is 17.6 Å². The summed E-state index contributed by atoms with van der Waals surface area (Å²) in [5, 5.41) is 17.7. The standard InChI is InChI=1S/C16H11ClF4N2O2/c17-14-9-6-25-15(1-2-15)5-8(9)13(22-23-14)12-10(18)3-7(4-11(12)24)16(19,20)21/h3-4,24H,1-2,5-6H2. The Morgan fingerprint density at radius 3 is 2.48 bits per heavy atom. The van der Waals surface area contributed by atoms with Gasteiger partial charge in [-0.05, 0) is 30.5 Å². The highest BCUT2D eigenvalue weighted by Gasteiger charge is 2.48. The van der Waals surface area contributed by atoms with Crippen molar-refractivity contribution in [1.82, 2.24) is 10.2 Å². The van der Waals surface area contributed by atoms with Crippen molar-refractivity contribution in [3.8, 4) is 17.0 Å². The number of phenols is 1. The maximum absolute atomic E-state index is 14.4. The molecule has 1 aromatic carbocycles.